The monoisotopic (exact) mass is 462 g/mol. The van der Waals surface area contributed by atoms with E-state index in [2.05, 4.69) is 34.9 Å². The molecule has 2 aromatic carbocycles. The predicted molar refractivity (Wildman–Crippen MR) is 115 cm³/mol. The van der Waals surface area contributed by atoms with Gasteiger partial charge < -0.3 is 9.64 Å². The van der Waals surface area contributed by atoms with Gasteiger partial charge in [0.15, 0.2) is 0 Å². The maximum atomic E-state index is 13.7. The van der Waals surface area contributed by atoms with Gasteiger partial charge in [-0.1, -0.05) is 12.1 Å². The molecular weight excluding hydrogens is 440 g/mol. The normalized spacial score (nSPS) is 17.1. The largest absolute Gasteiger partial charge is 0.497 e. The lowest BCUT2D eigenvalue weighted by molar-refractivity contribution is 0.267. The average molecular weight is 463 g/mol. The zero-order valence-corrected chi connectivity index (χ0v) is 18.5. The van der Waals surface area contributed by atoms with Crippen LogP contribution in [0.5, 0.6) is 5.75 Å². The number of hydrogen-bond acceptors (Lipinski definition) is 4. The Morgan fingerprint density at radius 2 is 1.93 bits per heavy atom. The molecule has 1 aromatic heterocycles. The van der Waals surface area contributed by atoms with Gasteiger partial charge in [0.1, 0.15) is 10.6 Å². The van der Waals surface area contributed by atoms with Crippen molar-refractivity contribution in [2.75, 3.05) is 21.2 Å². The molecule has 0 saturated carbocycles. The third kappa shape index (κ3) is 3.06. The molecule has 5 nitrogen and oxygen atoms in total. The molecule has 0 N–H and O–H groups in total. The molecule has 3 aromatic rings. The first-order chi connectivity index (χ1) is 13.3. The molecule has 0 saturated heterocycles. The van der Waals surface area contributed by atoms with E-state index in [9.17, 15) is 8.42 Å². The van der Waals surface area contributed by atoms with Gasteiger partial charge >= 0.3 is 0 Å². The van der Waals surface area contributed by atoms with Crippen molar-refractivity contribution in [3.05, 3.63) is 58.2 Å². The van der Waals surface area contributed by atoms with Crippen LogP contribution in [0.4, 0.5) is 0 Å². The molecule has 148 valence electrons. The van der Waals surface area contributed by atoms with E-state index in [-0.39, 0.29) is 4.90 Å². The molecular formula is C21H23BrN2O3S. The summed E-state index contributed by atoms with van der Waals surface area (Å²) < 4.78 is 34.9. The molecule has 7 heteroatoms. The van der Waals surface area contributed by atoms with Crippen molar-refractivity contribution >= 4 is 36.9 Å². The molecule has 0 amide bonds. The van der Waals surface area contributed by atoms with Gasteiger partial charge in [0.2, 0.25) is 0 Å². The molecule has 1 aliphatic rings. The summed E-state index contributed by atoms with van der Waals surface area (Å²) in [4.78, 5) is 2.49. The highest BCUT2D eigenvalue weighted by atomic mass is 79.9. The molecule has 4 rings (SSSR count). The van der Waals surface area contributed by atoms with Crippen molar-refractivity contribution in [2.45, 2.75) is 30.2 Å². The summed E-state index contributed by atoms with van der Waals surface area (Å²) in [6.45, 7) is 0. The van der Waals surface area contributed by atoms with Crippen molar-refractivity contribution in [2.24, 2.45) is 0 Å². The quantitative estimate of drug-likeness (QED) is 0.586. The highest BCUT2D eigenvalue weighted by Gasteiger charge is 2.32. The topological polar surface area (TPSA) is 51.5 Å². The van der Waals surface area contributed by atoms with Crippen molar-refractivity contribution in [3.63, 3.8) is 0 Å². The van der Waals surface area contributed by atoms with E-state index in [1.165, 1.54) is 0 Å². The van der Waals surface area contributed by atoms with Crippen molar-refractivity contribution < 1.29 is 13.2 Å². The third-order valence-corrected chi connectivity index (χ3v) is 8.34. The van der Waals surface area contributed by atoms with Crippen molar-refractivity contribution in [3.8, 4) is 5.75 Å². The van der Waals surface area contributed by atoms with E-state index in [1.807, 2.05) is 24.3 Å². The fourth-order valence-corrected chi connectivity index (χ4v) is 6.64. The summed E-state index contributed by atoms with van der Waals surface area (Å²) in [5, 5.41) is 0.955. The van der Waals surface area contributed by atoms with Gasteiger partial charge in [-0.3, -0.25) is 0 Å². The predicted octanol–water partition coefficient (Wildman–Crippen LogP) is 4.07. The van der Waals surface area contributed by atoms with Crippen LogP contribution in [0.3, 0.4) is 0 Å². The highest BCUT2D eigenvalue weighted by molar-refractivity contribution is 9.10. The van der Waals surface area contributed by atoms with E-state index in [0.717, 1.165) is 41.7 Å². The smallest absolute Gasteiger partial charge is 0.269 e. The van der Waals surface area contributed by atoms with Gasteiger partial charge in [-0.05, 0) is 85.2 Å². The third-order valence-electron chi connectivity index (χ3n) is 5.58. The van der Waals surface area contributed by atoms with Gasteiger partial charge in [-0.15, -0.1) is 0 Å². The van der Waals surface area contributed by atoms with Crippen LogP contribution in [0.25, 0.3) is 10.9 Å². The standard InChI is InChI=1S/C21H23BrN2O3S/c1-23(2)14-8-10-19-16(12-14)17-13-15(27-3)9-11-20(17)24(19)28(25,26)21-7-5-4-6-18(21)22/h4-7,9,11,13-14H,8,10,12H2,1-3H3. The number of halogens is 1. The minimum Gasteiger partial charge on any atom is -0.497 e. The fraction of sp³-hybridized carbons (Fsp3) is 0.333. The van der Waals surface area contributed by atoms with Crippen LogP contribution in [0.15, 0.2) is 51.8 Å². The summed E-state index contributed by atoms with van der Waals surface area (Å²) in [5.74, 6) is 0.734. The van der Waals surface area contributed by atoms with E-state index in [4.69, 9.17) is 4.74 Å². The summed E-state index contributed by atoms with van der Waals surface area (Å²) in [6, 6.07) is 13.0. The second-order valence-electron chi connectivity index (χ2n) is 7.37. The molecule has 1 heterocycles. The summed E-state index contributed by atoms with van der Waals surface area (Å²) in [6.07, 6.45) is 2.47. The number of aromatic nitrogens is 1. The van der Waals surface area contributed by atoms with Crippen LogP contribution in [-0.2, 0) is 22.9 Å². The Morgan fingerprint density at radius 1 is 1.18 bits per heavy atom. The molecule has 1 unspecified atom stereocenters. The van der Waals surface area contributed by atoms with Gasteiger partial charge in [0.05, 0.1) is 12.6 Å². The Kier molecular flexibility index (Phi) is 5.02. The van der Waals surface area contributed by atoms with E-state index in [1.54, 1.807) is 29.3 Å². The van der Waals surface area contributed by atoms with Crippen LogP contribution in [0, 0.1) is 0 Å². The molecule has 1 aliphatic carbocycles. The van der Waals surface area contributed by atoms with Gasteiger partial charge in [-0.2, -0.15) is 0 Å². The lowest BCUT2D eigenvalue weighted by atomic mass is 9.91. The van der Waals surface area contributed by atoms with E-state index < -0.39 is 10.0 Å². The second-order valence-corrected chi connectivity index (χ2v) is 9.98. The molecule has 0 aliphatic heterocycles. The molecule has 1 atom stereocenters. The molecule has 0 radical (unpaired) electrons. The number of fused-ring (bicyclic) bond motifs is 3. The maximum Gasteiger partial charge on any atom is 0.269 e. The SMILES string of the molecule is COc1ccc2c(c1)c1c(n2S(=O)(=O)c2ccccc2Br)CCC(N(C)C)C1. The van der Waals surface area contributed by atoms with Crippen LogP contribution in [0.2, 0.25) is 0 Å². The van der Waals surface area contributed by atoms with E-state index >= 15 is 0 Å². The number of rotatable bonds is 4. The summed E-state index contributed by atoms with van der Waals surface area (Å²) >= 11 is 3.41. The number of nitrogens with zero attached hydrogens (tertiary/aromatic N) is 2. The Hall–Kier alpha value is -1.83. The zero-order chi connectivity index (χ0) is 20.1. The Labute approximate surface area is 174 Å². The van der Waals surface area contributed by atoms with Crippen LogP contribution in [-0.4, -0.2) is 44.5 Å². The first-order valence-electron chi connectivity index (χ1n) is 9.21. The number of benzene rings is 2. The Morgan fingerprint density at radius 3 is 2.61 bits per heavy atom. The second kappa shape index (κ2) is 7.21. The number of hydrogen-bond donors (Lipinski definition) is 0. The lowest BCUT2D eigenvalue weighted by Gasteiger charge is -2.29. The van der Waals surface area contributed by atoms with Crippen molar-refractivity contribution in [1.29, 1.82) is 0 Å². The molecule has 0 bridgehead atoms. The fourth-order valence-electron chi connectivity index (χ4n) is 4.07. The number of methoxy groups -OCH3 is 1. The summed E-state index contributed by atoms with van der Waals surface area (Å²) in [7, 11) is 2.05. The molecule has 28 heavy (non-hydrogen) atoms. The van der Waals surface area contributed by atoms with Crippen LogP contribution in [0.1, 0.15) is 17.7 Å². The summed E-state index contributed by atoms with van der Waals surface area (Å²) in [5.41, 5.74) is 2.70. The van der Waals surface area contributed by atoms with Crippen LogP contribution < -0.4 is 4.74 Å². The first kappa shape index (κ1) is 19.5. The first-order valence-corrected chi connectivity index (χ1v) is 11.4. The minimum atomic E-state index is -3.74. The average Bonchev–Trinajstić information content (AvgIpc) is 3.01. The van der Waals surface area contributed by atoms with Crippen molar-refractivity contribution in [1.82, 2.24) is 8.87 Å². The van der Waals surface area contributed by atoms with Gasteiger partial charge in [-0.25, -0.2) is 12.4 Å². The maximum absolute atomic E-state index is 13.7. The Balaban J connectivity index is 2.01. The highest BCUT2D eigenvalue weighted by Crippen LogP contribution is 2.38. The lowest BCUT2D eigenvalue weighted by Crippen LogP contribution is -2.34. The Bertz CT molecular complexity index is 1150. The molecule has 0 fully saturated rings. The molecule has 0 spiro atoms. The van der Waals surface area contributed by atoms with Gasteiger partial charge in [0, 0.05) is 21.6 Å². The minimum absolute atomic E-state index is 0.278. The number of ether oxygens (including phenoxy) is 1. The van der Waals surface area contributed by atoms with Crippen LogP contribution >= 0.6 is 15.9 Å². The zero-order valence-electron chi connectivity index (χ0n) is 16.1. The van der Waals surface area contributed by atoms with Gasteiger partial charge in [0.25, 0.3) is 10.0 Å². The number of likely N-dealkylation sites (N-methyl/N-ethyl adjacent to an activating group) is 1. The van der Waals surface area contributed by atoms with E-state index in [0.29, 0.717) is 16.0 Å².